The third-order valence-electron chi connectivity index (χ3n) is 4.99. The van der Waals surface area contributed by atoms with Crippen LogP contribution < -0.4 is 15.4 Å². The van der Waals surface area contributed by atoms with E-state index in [1.165, 1.54) is 0 Å². The smallest absolute Gasteiger partial charge is 0.237 e. The Bertz CT molecular complexity index is 841. The molecular formula is C22H26ClN3O3. The van der Waals surface area contributed by atoms with Crippen LogP contribution in [0.5, 0.6) is 5.75 Å². The van der Waals surface area contributed by atoms with E-state index in [1.54, 1.807) is 7.11 Å². The molecule has 1 aliphatic rings. The van der Waals surface area contributed by atoms with Crippen LogP contribution in [0.2, 0.25) is 5.02 Å². The fourth-order valence-corrected chi connectivity index (χ4v) is 3.55. The number of benzene rings is 2. The highest BCUT2D eigenvalue weighted by Gasteiger charge is 2.31. The zero-order valence-electron chi connectivity index (χ0n) is 16.5. The van der Waals surface area contributed by atoms with Crippen molar-refractivity contribution in [2.75, 3.05) is 26.7 Å². The van der Waals surface area contributed by atoms with E-state index in [0.717, 1.165) is 16.9 Å². The molecule has 6 nitrogen and oxygen atoms in total. The summed E-state index contributed by atoms with van der Waals surface area (Å²) < 4.78 is 5.27. The minimum absolute atomic E-state index is 0.105. The van der Waals surface area contributed by atoms with Crippen molar-refractivity contribution in [2.24, 2.45) is 0 Å². The van der Waals surface area contributed by atoms with Gasteiger partial charge in [-0.2, -0.15) is 0 Å². The van der Waals surface area contributed by atoms with Crippen LogP contribution in [-0.4, -0.2) is 49.5 Å². The lowest BCUT2D eigenvalue weighted by Gasteiger charge is -2.34. The fourth-order valence-electron chi connectivity index (χ4n) is 3.42. The number of ether oxygens (including phenoxy) is 1. The minimum atomic E-state index is -0.481. The van der Waals surface area contributed by atoms with Crippen LogP contribution in [0.4, 0.5) is 0 Å². The lowest BCUT2D eigenvalue weighted by atomic mass is 10.1. The first-order valence-electron chi connectivity index (χ1n) is 9.71. The molecule has 29 heavy (non-hydrogen) atoms. The second-order valence-electron chi connectivity index (χ2n) is 7.06. The van der Waals surface area contributed by atoms with Crippen molar-refractivity contribution in [2.45, 2.75) is 25.4 Å². The number of halogens is 1. The molecule has 1 saturated heterocycles. The molecule has 2 aromatic rings. The molecule has 7 heteroatoms. The van der Waals surface area contributed by atoms with E-state index in [2.05, 4.69) is 10.6 Å². The number of methoxy groups -OCH3 is 1. The Hall–Kier alpha value is -2.57. The molecule has 0 radical (unpaired) electrons. The van der Waals surface area contributed by atoms with Gasteiger partial charge in [0, 0.05) is 31.2 Å². The van der Waals surface area contributed by atoms with Crippen molar-refractivity contribution in [3.8, 4) is 5.75 Å². The van der Waals surface area contributed by atoms with Crippen LogP contribution in [0, 0.1) is 0 Å². The molecule has 2 aromatic carbocycles. The van der Waals surface area contributed by atoms with E-state index in [9.17, 15) is 9.59 Å². The molecule has 2 N–H and O–H groups in total. The normalized spacial score (nSPS) is 16.9. The summed E-state index contributed by atoms with van der Waals surface area (Å²) in [5.41, 5.74) is 2.15. The number of rotatable bonds is 8. The molecular weight excluding hydrogens is 390 g/mol. The first-order chi connectivity index (χ1) is 14.0. The zero-order valence-corrected chi connectivity index (χ0v) is 17.2. The minimum Gasteiger partial charge on any atom is -0.497 e. The summed E-state index contributed by atoms with van der Waals surface area (Å²) >= 11 is 5.89. The maximum atomic E-state index is 12.4. The number of amides is 2. The molecule has 3 rings (SSSR count). The van der Waals surface area contributed by atoms with Crippen molar-refractivity contribution in [3.63, 3.8) is 0 Å². The van der Waals surface area contributed by atoms with E-state index in [1.807, 2.05) is 53.4 Å². The van der Waals surface area contributed by atoms with Crippen molar-refractivity contribution >= 4 is 23.4 Å². The Kier molecular flexibility index (Phi) is 7.49. The first kappa shape index (κ1) is 21.1. The number of hydrogen-bond acceptors (Lipinski definition) is 4. The van der Waals surface area contributed by atoms with Crippen molar-refractivity contribution in [1.82, 2.24) is 15.5 Å². The Morgan fingerprint density at radius 2 is 2.03 bits per heavy atom. The van der Waals surface area contributed by atoms with Gasteiger partial charge in [0.05, 0.1) is 19.6 Å². The Morgan fingerprint density at radius 1 is 1.24 bits per heavy atom. The quantitative estimate of drug-likeness (QED) is 0.694. The zero-order chi connectivity index (χ0) is 20.6. The molecule has 0 saturated carbocycles. The standard InChI is InChI=1S/C22H26ClN3O3/c1-29-19-4-2-3-17(13-19)15-26-12-11-25-22(28)20(26)14-21(27)24-10-9-16-5-7-18(23)8-6-16/h2-8,13,20H,9-12,14-15H2,1H3,(H,24,27)(H,25,28). The molecule has 154 valence electrons. The predicted molar refractivity (Wildman–Crippen MR) is 113 cm³/mol. The molecule has 0 aliphatic carbocycles. The molecule has 2 amide bonds. The molecule has 1 unspecified atom stereocenters. The number of piperazine rings is 1. The number of nitrogens with one attached hydrogen (secondary N) is 2. The highest BCUT2D eigenvalue weighted by molar-refractivity contribution is 6.30. The van der Waals surface area contributed by atoms with Crippen molar-refractivity contribution in [1.29, 1.82) is 0 Å². The summed E-state index contributed by atoms with van der Waals surface area (Å²) in [7, 11) is 1.63. The Morgan fingerprint density at radius 3 is 2.79 bits per heavy atom. The van der Waals surface area contributed by atoms with E-state index < -0.39 is 6.04 Å². The maximum Gasteiger partial charge on any atom is 0.237 e. The van der Waals surface area contributed by atoms with Crippen LogP contribution >= 0.6 is 11.6 Å². The van der Waals surface area contributed by atoms with E-state index in [0.29, 0.717) is 37.6 Å². The van der Waals surface area contributed by atoms with Gasteiger partial charge in [-0.3, -0.25) is 14.5 Å². The molecule has 1 heterocycles. The summed E-state index contributed by atoms with van der Waals surface area (Å²) in [4.78, 5) is 26.9. The van der Waals surface area contributed by atoms with Crippen LogP contribution in [-0.2, 0) is 22.6 Å². The SMILES string of the molecule is COc1cccc(CN2CCNC(=O)C2CC(=O)NCCc2ccc(Cl)cc2)c1. The van der Waals surface area contributed by atoms with Crippen LogP contribution in [0.25, 0.3) is 0 Å². The number of carbonyl (C=O) groups is 2. The number of nitrogens with zero attached hydrogens (tertiary/aromatic N) is 1. The number of carbonyl (C=O) groups excluding carboxylic acids is 2. The summed E-state index contributed by atoms with van der Waals surface area (Å²) in [5.74, 6) is 0.545. The summed E-state index contributed by atoms with van der Waals surface area (Å²) in [6, 6.07) is 14.8. The van der Waals surface area contributed by atoms with E-state index >= 15 is 0 Å². The van der Waals surface area contributed by atoms with Crippen LogP contribution in [0.1, 0.15) is 17.5 Å². The average Bonchev–Trinajstić information content (AvgIpc) is 2.72. The van der Waals surface area contributed by atoms with Gasteiger partial charge in [-0.25, -0.2) is 0 Å². The lowest BCUT2D eigenvalue weighted by Crippen LogP contribution is -2.56. The molecule has 1 fully saturated rings. The molecule has 0 spiro atoms. The second-order valence-corrected chi connectivity index (χ2v) is 7.50. The van der Waals surface area contributed by atoms with Gasteiger partial charge in [-0.1, -0.05) is 35.9 Å². The average molecular weight is 416 g/mol. The lowest BCUT2D eigenvalue weighted by molar-refractivity contribution is -0.134. The van der Waals surface area contributed by atoms with Gasteiger partial charge in [0.2, 0.25) is 11.8 Å². The topological polar surface area (TPSA) is 70.7 Å². The van der Waals surface area contributed by atoms with Gasteiger partial charge in [0.25, 0.3) is 0 Å². The Balaban J connectivity index is 1.54. The maximum absolute atomic E-state index is 12.4. The number of hydrogen-bond donors (Lipinski definition) is 2. The van der Waals surface area contributed by atoms with Crippen molar-refractivity contribution < 1.29 is 14.3 Å². The third-order valence-corrected chi connectivity index (χ3v) is 5.24. The van der Waals surface area contributed by atoms with Gasteiger partial charge in [0.1, 0.15) is 5.75 Å². The van der Waals surface area contributed by atoms with E-state index in [4.69, 9.17) is 16.3 Å². The summed E-state index contributed by atoms with van der Waals surface area (Å²) in [6.45, 7) is 2.39. The van der Waals surface area contributed by atoms with Gasteiger partial charge < -0.3 is 15.4 Å². The highest BCUT2D eigenvalue weighted by atomic mass is 35.5. The van der Waals surface area contributed by atoms with Gasteiger partial charge in [-0.15, -0.1) is 0 Å². The van der Waals surface area contributed by atoms with Gasteiger partial charge in [-0.05, 0) is 41.8 Å². The molecule has 1 aliphatic heterocycles. The predicted octanol–water partition coefficient (Wildman–Crippen LogP) is 2.40. The van der Waals surface area contributed by atoms with Crippen LogP contribution in [0.15, 0.2) is 48.5 Å². The highest BCUT2D eigenvalue weighted by Crippen LogP contribution is 2.18. The summed E-state index contributed by atoms with van der Waals surface area (Å²) in [5, 5.41) is 6.47. The van der Waals surface area contributed by atoms with Crippen molar-refractivity contribution in [3.05, 3.63) is 64.7 Å². The van der Waals surface area contributed by atoms with Gasteiger partial charge in [0.15, 0.2) is 0 Å². The fraction of sp³-hybridized carbons (Fsp3) is 0.364. The monoisotopic (exact) mass is 415 g/mol. The largest absolute Gasteiger partial charge is 0.497 e. The van der Waals surface area contributed by atoms with Crippen LogP contribution in [0.3, 0.4) is 0 Å². The van der Waals surface area contributed by atoms with Gasteiger partial charge >= 0.3 is 0 Å². The molecule has 0 aromatic heterocycles. The first-order valence-corrected chi connectivity index (χ1v) is 10.1. The second kappa shape index (κ2) is 10.3. The summed E-state index contributed by atoms with van der Waals surface area (Å²) in [6.07, 6.45) is 0.851. The third kappa shape index (κ3) is 6.21. The molecule has 0 bridgehead atoms. The Labute approximate surface area is 176 Å². The van der Waals surface area contributed by atoms with E-state index in [-0.39, 0.29) is 18.2 Å². The molecule has 1 atom stereocenters.